The molecular formula is C57H36N6. The number of fused-ring (bicyclic) bond motifs is 10. The molecule has 0 saturated heterocycles. The van der Waals surface area contributed by atoms with E-state index in [1.54, 1.807) is 0 Å². The molecule has 0 radical (unpaired) electrons. The van der Waals surface area contributed by atoms with E-state index in [4.69, 9.17) is 15.0 Å². The van der Waals surface area contributed by atoms with Crippen molar-refractivity contribution in [1.82, 2.24) is 28.7 Å². The summed E-state index contributed by atoms with van der Waals surface area (Å²) in [7, 11) is 0. The molecule has 0 spiro atoms. The predicted molar refractivity (Wildman–Crippen MR) is 259 cm³/mol. The monoisotopic (exact) mass is 804 g/mol. The maximum absolute atomic E-state index is 5.29. The van der Waals surface area contributed by atoms with Crippen molar-refractivity contribution in [3.63, 3.8) is 0 Å². The van der Waals surface area contributed by atoms with Gasteiger partial charge in [0, 0.05) is 66.1 Å². The van der Waals surface area contributed by atoms with E-state index >= 15 is 0 Å². The lowest BCUT2D eigenvalue weighted by Gasteiger charge is -2.12. The molecule has 13 aromatic rings. The fourth-order valence-electron chi connectivity index (χ4n) is 9.79. The van der Waals surface area contributed by atoms with E-state index < -0.39 is 0 Å². The Morgan fingerprint density at radius 1 is 0.270 bits per heavy atom. The summed E-state index contributed by atoms with van der Waals surface area (Å²) in [5, 5.41) is 7.01. The van der Waals surface area contributed by atoms with Gasteiger partial charge in [-0.15, -0.1) is 0 Å². The molecule has 294 valence electrons. The van der Waals surface area contributed by atoms with Crippen molar-refractivity contribution in [1.29, 1.82) is 0 Å². The molecule has 13 rings (SSSR count). The molecule has 0 saturated carbocycles. The van der Waals surface area contributed by atoms with E-state index in [9.17, 15) is 0 Å². The lowest BCUT2D eigenvalue weighted by atomic mass is 10.0. The van der Waals surface area contributed by atoms with Crippen LogP contribution in [0.15, 0.2) is 218 Å². The van der Waals surface area contributed by atoms with Crippen LogP contribution in [0.1, 0.15) is 0 Å². The van der Waals surface area contributed by atoms with Crippen molar-refractivity contribution >= 4 is 65.4 Å². The molecule has 0 atom stereocenters. The van der Waals surface area contributed by atoms with Crippen LogP contribution in [-0.2, 0) is 0 Å². The second-order valence-electron chi connectivity index (χ2n) is 16.0. The normalized spacial score (nSPS) is 11.8. The molecular weight excluding hydrogens is 769 g/mol. The summed E-state index contributed by atoms with van der Waals surface area (Å²) < 4.78 is 7.26. The molecule has 0 fully saturated rings. The van der Waals surface area contributed by atoms with Crippen LogP contribution < -0.4 is 0 Å². The average Bonchev–Trinajstić information content (AvgIpc) is 4.00. The second kappa shape index (κ2) is 14.0. The van der Waals surface area contributed by atoms with Crippen LogP contribution >= 0.6 is 0 Å². The van der Waals surface area contributed by atoms with E-state index in [0.29, 0.717) is 17.5 Å². The van der Waals surface area contributed by atoms with Crippen LogP contribution in [0, 0.1) is 0 Å². The third kappa shape index (κ3) is 5.41. The number of nitrogens with zero attached hydrogens (tertiary/aromatic N) is 6. The molecule has 0 unspecified atom stereocenters. The van der Waals surface area contributed by atoms with Crippen molar-refractivity contribution in [2.45, 2.75) is 0 Å². The first kappa shape index (κ1) is 35.2. The first-order valence-electron chi connectivity index (χ1n) is 21.3. The zero-order valence-corrected chi connectivity index (χ0v) is 34.0. The van der Waals surface area contributed by atoms with E-state index in [1.807, 2.05) is 36.4 Å². The Kier molecular flexibility index (Phi) is 7.80. The summed E-state index contributed by atoms with van der Waals surface area (Å²) in [6, 6.07) is 77.3. The Labute approximate surface area is 362 Å². The van der Waals surface area contributed by atoms with Crippen LogP contribution in [0.4, 0.5) is 0 Å². The van der Waals surface area contributed by atoms with Crippen LogP contribution in [0.3, 0.4) is 0 Å². The highest BCUT2D eigenvalue weighted by atomic mass is 15.1. The van der Waals surface area contributed by atoms with Gasteiger partial charge in [-0.3, -0.25) is 0 Å². The molecule has 6 heteroatoms. The van der Waals surface area contributed by atoms with Gasteiger partial charge >= 0.3 is 0 Å². The maximum atomic E-state index is 5.29. The summed E-state index contributed by atoms with van der Waals surface area (Å²) >= 11 is 0. The summed E-state index contributed by atoms with van der Waals surface area (Å²) in [5.74, 6) is 1.88. The van der Waals surface area contributed by atoms with Crippen molar-refractivity contribution in [2.75, 3.05) is 0 Å². The molecule has 9 aromatic carbocycles. The Hall–Kier alpha value is -8.61. The lowest BCUT2D eigenvalue weighted by molar-refractivity contribution is 1.08. The zero-order chi connectivity index (χ0) is 41.4. The van der Waals surface area contributed by atoms with Gasteiger partial charge in [0.2, 0.25) is 0 Å². The lowest BCUT2D eigenvalue weighted by Crippen LogP contribution is -2.00. The summed E-state index contributed by atoms with van der Waals surface area (Å²) in [6.45, 7) is 0. The fraction of sp³-hybridized carbons (Fsp3) is 0. The van der Waals surface area contributed by atoms with Gasteiger partial charge in [0.15, 0.2) is 17.5 Å². The minimum absolute atomic E-state index is 0.619. The van der Waals surface area contributed by atoms with E-state index in [0.717, 1.165) is 72.1 Å². The van der Waals surface area contributed by atoms with Crippen molar-refractivity contribution in [2.24, 2.45) is 0 Å². The standard InChI is InChI=1S/C57H36N6/c1-5-18-37(19-6-1)55-58-56(38-20-7-2-8-21-38)60-57(59-55)46-28-17-31-49-52(46)53-50(62(49)40-24-11-4-12-25-40)35-34-45-43-27-14-16-30-48(43)63(54(45)53)41-32-33-44-42-26-13-15-29-47(42)61(51(44)36-41)39-22-9-3-10-23-39/h1-36H. The molecule has 4 aromatic heterocycles. The third-order valence-corrected chi connectivity index (χ3v) is 12.5. The predicted octanol–water partition coefficient (Wildman–Crippen LogP) is 14.2. The van der Waals surface area contributed by atoms with Gasteiger partial charge in [-0.2, -0.15) is 0 Å². The fourth-order valence-corrected chi connectivity index (χ4v) is 9.79. The highest BCUT2D eigenvalue weighted by molar-refractivity contribution is 6.28. The first-order valence-corrected chi connectivity index (χ1v) is 21.3. The molecule has 0 bridgehead atoms. The minimum Gasteiger partial charge on any atom is -0.309 e. The second-order valence-corrected chi connectivity index (χ2v) is 16.0. The number of rotatable bonds is 6. The summed E-state index contributed by atoms with van der Waals surface area (Å²) in [6.07, 6.45) is 0. The molecule has 63 heavy (non-hydrogen) atoms. The highest BCUT2D eigenvalue weighted by Crippen LogP contribution is 2.45. The Bertz CT molecular complexity index is 3830. The third-order valence-electron chi connectivity index (χ3n) is 12.5. The number of para-hydroxylation sites is 4. The first-order chi connectivity index (χ1) is 31.3. The van der Waals surface area contributed by atoms with Gasteiger partial charge in [-0.25, -0.2) is 15.0 Å². The van der Waals surface area contributed by atoms with E-state index in [-0.39, 0.29) is 0 Å². The number of hydrogen-bond donors (Lipinski definition) is 0. The Balaban J connectivity index is 1.18. The molecule has 0 aliphatic heterocycles. The largest absolute Gasteiger partial charge is 0.309 e. The topological polar surface area (TPSA) is 53.5 Å². The van der Waals surface area contributed by atoms with Crippen molar-refractivity contribution < 1.29 is 0 Å². The van der Waals surface area contributed by atoms with E-state index in [2.05, 4.69) is 196 Å². The molecule has 0 aliphatic rings. The molecule has 6 nitrogen and oxygen atoms in total. The van der Waals surface area contributed by atoms with Gasteiger partial charge in [0.25, 0.3) is 0 Å². The van der Waals surface area contributed by atoms with E-state index in [1.165, 1.54) is 27.1 Å². The molecule has 0 amide bonds. The zero-order valence-electron chi connectivity index (χ0n) is 34.0. The summed E-state index contributed by atoms with van der Waals surface area (Å²) in [5.41, 5.74) is 12.9. The highest BCUT2D eigenvalue weighted by Gasteiger charge is 2.25. The minimum atomic E-state index is 0.619. The van der Waals surface area contributed by atoms with Gasteiger partial charge in [0.05, 0.1) is 33.1 Å². The van der Waals surface area contributed by atoms with Gasteiger partial charge in [0.1, 0.15) is 0 Å². The van der Waals surface area contributed by atoms with Crippen molar-refractivity contribution in [3.05, 3.63) is 218 Å². The molecule has 0 N–H and O–H groups in total. The van der Waals surface area contributed by atoms with Crippen molar-refractivity contribution in [3.8, 4) is 51.2 Å². The smallest absolute Gasteiger partial charge is 0.164 e. The number of hydrogen-bond acceptors (Lipinski definition) is 3. The van der Waals surface area contributed by atoms with Crippen LogP contribution in [-0.4, -0.2) is 28.7 Å². The quantitative estimate of drug-likeness (QED) is 0.168. The average molecular weight is 805 g/mol. The Morgan fingerprint density at radius 3 is 1.37 bits per heavy atom. The van der Waals surface area contributed by atoms with Crippen LogP contribution in [0.2, 0.25) is 0 Å². The molecule has 0 aliphatic carbocycles. The van der Waals surface area contributed by atoms with Gasteiger partial charge in [-0.05, 0) is 60.7 Å². The van der Waals surface area contributed by atoms with Crippen LogP contribution in [0.5, 0.6) is 0 Å². The van der Waals surface area contributed by atoms with Gasteiger partial charge < -0.3 is 13.7 Å². The Morgan fingerprint density at radius 2 is 0.730 bits per heavy atom. The summed E-state index contributed by atoms with van der Waals surface area (Å²) in [4.78, 5) is 15.7. The maximum Gasteiger partial charge on any atom is 0.164 e. The van der Waals surface area contributed by atoms with Crippen LogP contribution in [0.25, 0.3) is 117 Å². The van der Waals surface area contributed by atoms with Gasteiger partial charge in [-0.1, -0.05) is 158 Å². The number of benzene rings is 9. The molecule has 4 heterocycles. The number of aromatic nitrogens is 6. The SMILES string of the molecule is c1ccc(-c2nc(-c3ccccc3)nc(-c3cccc4c3c3c(ccc5c6ccccc6n(-c6ccc7c8ccccc8n(-c8ccccc8)c7c6)c53)n4-c3ccccc3)n2)cc1.